The van der Waals surface area contributed by atoms with Crippen molar-refractivity contribution in [2.24, 2.45) is 0 Å². The topological polar surface area (TPSA) is 86.8 Å². The summed E-state index contributed by atoms with van der Waals surface area (Å²) in [4.78, 5) is 29.8. The van der Waals surface area contributed by atoms with Crippen LogP contribution in [0.5, 0.6) is 0 Å². The second-order valence-corrected chi connectivity index (χ2v) is 12.7. The second kappa shape index (κ2) is 15.3. The van der Waals surface area contributed by atoms with E-state index in [1.165, 1.54) is 17.0 Å². The standard InChI is InChI=1S/C36H41N3O4S/c1-4-23-37-36(41)34(25-30-14-8-6-9-15-30)38(26-31-16-12-13-28(3)24-31)35(40)27-39(32-21-19-29(5-2)20-22-32)44(42,43)33-17-10-7-11-18-33/h6-22,24,34H,4-5,23,25-27H2,1-3H3,(H,37,41)/t34-/m0/s1. The van der Waals surface area contributed by atoms with E-state index in [1.807, 2.05) is 87.5 Å². The number of anilines is 1. The van der Waals surface area contributed by atoms with E-state index in [-0.39, 0.29) is 23.8 Å². The van der Waals surface area contributed by atoms with E-state index in [9.17, 15) is 18.0 Å². The third-order valence-electron chi connectivity index (χ3n) is 7.50. The van der Waals surface area contributed by atoms with E-state index in [1.54, 1.807) is 30.3 Å². The zero-order valence-corrected chi connectivity index (χ0v) is 26.5. The second-order valence-electron chi connectivity index (χ2n) is 10.9. The van der Waals surface area contributed by atoms with Crippen LogP contribution in [0.1, 0.15) is 42.5 Å². The van der Waals surface area contributed by atoms with Gasteiger partial charge < -0.3 is 10.2 Å². The summed E-state index contributed by atoms with van der Waals surface area (Å²) in [6, 6.07) is 31.8. The lowest BCUT2D eigenvalue weighted by Crippen LogP contribution is -2.53. The Morgan fingerprint density at radius 2 is 1.41 bits per heavy atom. The number of hydrogen-bond donors (Lipinski definition) is 1. The Hall–Kier alpha value is -4.43. The van der Waals surface area contributed by atoms with Crippen LogP contribution in [-0.4, -0.2) is 44.3 Å². The fourth-order valence-corrected chi connectivity index (χ4v) is 6.51. The molecule has 0 heterocycles. The molecule has 0 fully saturated rings. The monoisotopic (exact) mass is 611 g/mol. The average Bonchev–Trinajstić information content (AvgIpc) is 3.05. The normalized spacial score (nSPS) is 11.9. The molecule has 4 aromatic carbocycles. The number of nitrogens with zero attached hydrogens (tertiary/aromatic N) is 2. The Morgan fingerprint density at radius 1 is 0.773 bits per heavy atom. The van der Waals surface area contributed by atoms with E-state index in [0.717, 1.165) is 39.4 Å². The molecule has 4 rings (SSSR count). The third kappa shape index (κ3) is 8.35. The molecule has 0 saturated heterocycles. The van der Waals surface area contributed by atoms with E-state index < -0.39 is 28.5 Å². The molecular formula is C36H41N3O4S. The smallest absolute Gasteiger partial charge is 0.264 e. The molecule has 44 heavy (non-hydrogen) atoms. The van der Waals surface area contributed by atoms with Crippen LogP contribution in [0.2, 0.25) is 0 Å². The van der Waals surface area contributed by atoms with Crippen molar-refractivity contribution in [2.45, 2.75) is 57.5 Å². The molecule has 1 N–H and O–H groups in total. The molecule has 0 aliphatic rings. The fourth-order valence-electron chi connectivity index (χ4n) is 5.07. The fraction of sp³-hybridized carbons (Fsp3) is 0.278. The van der Waals surface area contributed by atoms with Crippen LogP contribution in [0.25, 0.3) is 0 Å². The number of benzene rings is 4. The zero-order chi connectivity index (χ0) is 31.5. The van der Waals surface area contributed by atoms with Crippen LogP contribution in [0.3, 0.4) is 0 Å². The molecule has 0 aromatic heterocycles. The van der Waals surface area contributed by atoms with Crippen molar-refractivity contribution in [3.63, 3.8) is 0 Å². The molecule has 0 spiro atoms. The predicted octanol–water partition coefficient (Wildman–Crippen LogP) is 5.92. The predicted molar refractivity (Wildman–Crippen MR) is 176 cm³/mol. The summed E-state index contributed by atoms with van der Waals surface area (Å²) in [5, 5.41) is 2.97. The molecule has 8 heteroatoms. The Bertz CT molecular complexity index is 1630. The van der Waals surface area contributed by atoms with E-state index in [2.05, 4.69) is 5.32 Å². The molecule has 230 valence electrons. The van der Waals surface area contributed by atoms with E-state index >= 15 is 0 Å². The third-order valence-corrected chi connectivity index (χ3v) is 9.29. The lowest BCUT2D eigenvalue weighted by atomic mass is 10.0. The van der Waals surface area contributed by atoms with E-state index in [4.69, 9.17) is 0 Å². The number of amides is 2. The summed E-state index contributed by atoms with van der Waals surface area (Å²) < 4.78 is 29.3. The van der Waals surface area contributed by atoms with Crippen LogP contribution in [-0.2, 0) is 39.0 Å². The highest BCUT2D eigenvalue weighted by atomic mass is 32.2. The summed E-state index contributed by atoms with van der Waals surface area (Å²) in [6.07, 6.45) is 1.82. The van der Waals surface area contributed by atoms with Crippen molar-refractivity contribution in [3.8, 4) is 0 Å². The highest BCUT2D eigenvalue weighted by molar-refractivity contribution is 7.92. The highest BCUT2D eigenvalue weighted by Crippen LogP contribution is 2.26. The maximum Gasteiger partial charge on any atom is 0.264 e. The van der Waals surface area contributed by atoms with Gasteiger partial charge in [0.25, 0.3) is 10.0 Å². The van der Waals surface area contributed by atoms with Crippen molar-refractivity contribution in [1.82, 2.24) is 10.2 Å². The van der Waals surface area contributed by atoms with Crippen molar-refractivity contribution in [3.05, 3.63) is 131 Å². The van der Waals surface area contributed by atoms with Gasteiger partial charge in [0, 0.05) is 19.5 Å². The first-order valence-corrected chi connectivity index (χ1v) is 16.5. The molecule has 0 saturated carbocycles. The number of carbonyl (C=O) groups excluding carboxylic acids is 2. The summed E-state index contributed by atoms with van der Waals surface area (Å²) in [5.74, 6) is -0.750. The highest BCUT2D eigenvalue weighted by Gasteiger charge is 2.34. The molecular weight excluding hydrogens is 570 g/mol. The Balaban J connectivity index is 1.79. The Kier molecular flexibility index (Phi) is 11.3. The summed E-state index contributed by atoms with van der Waals surface area (Å²) >= 11 is 0. The SMILES string of the molecule is CCCNC(=O)[C@H](Cc1ccccc1)N(Cc1cccc(C)c1)C(=O)CN(c1ccc(CC)cc1)S(=O)(=O)c1ccccc1. The average molecular weight is 612 g/mol. The van der Waals surface area contributed by atoms with Crippen molar-refractivity contribution < 1.29 is 18.0 Å². The van der Waals surface area contributed by atoms with Gasteiger partial charge >= 0.3 is 0 Å². The number of hydrogen-bond acceptors (Lipinski definition) is 4. The largest absolute Gasteiger partial charge is 0.354 e. The molecule has 0 radical (unpaired) electrons. The summed E-state index contributed by atoms with van der Waals surface area (Å²) in [6.45, 7) is 6.11. The quantitative estimate of drug-likeness (QED) is 0.192. The molecule has 0 unspecified atom stereocenters. The van der Waals surface area contributed by atoms with Gasteiger partial charge in [-0.15, -0.1) is 0 Å². The van der Waals surface area contributed by atoms with Crippen LogP contribution in [0.15, 0.2) is 114 Å². The van der Waals surface area contributed by atoms with Gasteiger partial charge in [-0.2, -0.15) is 0 Å². The van der Waals surface area contributed by atoms with Gasteiger partial charge in [-0.3, -0.25) is 13.9 Å². The minimum absolute atomic E-state index is 0.0825. The molecule has 0 aliphatic carbocycles. The lowest BCUT2D eigenvalue weighted by molar-refractivity contribution is -0.140. The Morgan fingerprint density at radius 3 is 2.02 bits per heavy atom. The van der Waals surface area contributed by atoms with Gasteiger partial charge in [0.2, 0.25) is 11.8 Å². The molecule has 7 nitrogen and oxygen atoms in total. The molecule has 1 atom stereocenters. The molecule has 0 bridgehead atoms. The van der Waals surface area contributed by atoms with E-state index in [0.29, 0.717) is 12.2 Å². The molecule has 0 aliphatic heterocycles. The van der Waals surface area contributed by atoms with Crippen LogP contribution in [0.4, 0.5) is 5.69 Å². The number of sulfonamides is 1. The van der Waals surface area contributed by atoms with Gasteiger partial charge in [0.1, 0.15) is 12.6 Å². The first-order valence-electron chi connectivity index (χ1n) is 15.1. The van der Waals surface area contributed by atoms with Gasteiger partial charge in [-0.25, -0.2) is 8.42 Å². The maximum atomic E-state index is 14.5. The number of nitrogens with one attached hydrogen (secondary N) is 1. The molecule has 2 amide bonds. The van der Waals surface area contributed by atoms with Crippen molar-refractivity contribution in [1.29, 1.82) is 0 Å². The summed E-state index contributed by atoms with van der Waals surface area (Å²) in [5.41, 5.74) is 4.20. The Labute approximate surface area is 261 Å². The lowest BCUT2D eigenvalue weighted by Gasteiger charge is -2.34. The van der Waals surface area contributed by atoms with Gasteiger partial charge in [0.05, 0.1) is 10.6 Å². The number of rotatable bonds is 14. The van der Waals surface area contributed by atoms with Crippen molar-refractivity contribution >= 4 is 27.5 Å². The van der Waals surface area contributed by atoms with Crippen molar-refractivity contribution in [2.75, 3.05) is 17.4 Å². The van der Waals surface area contributed by atoms with Crippen LogP contribution in [0, 0.1) is 6.92 Å². The zero-order valence-electron chi connectivity index (χ0n) is 25.6. The molecule has 4 aromatic rings. The minimum atomic E-state index is -4.12. The first kappa shape index (κ1) is 32.5. The first-order chi connectivity index (χ1) is 21.2. The van der Waals surface area contributed by atoms with Gasteiger partial charge in [-0.05, 0) is 60.7 Å². The summed E-state index contributed by atoms with van der Waals surface area (Å²) in [7, 11) is -4.12. The van der Waals surface area contributed by atoms with Crippen LogP contribution >= 0.6 is 0 Å². The van der Waals surface area contributed by atoms with Crippen LogP contribution < -0.4 is 9.62 Å². The van der Waals surface area contributed by atoms with Gasteiger partial charge in [-0.1, -0.05) is 104 Å². The maximum absolute atomic E-state index is 14.5. The minimum Gasteiger partial charge on any atom is -0.354 e. The van der Waals surface area contributed by atoms with Gasteiger partial charge in [0.15, 0.2) is 0 Å². The number of aryl methyl sites for hydroxylation is 2. The number of carbonyl (C=O) groups is 2.